The second-order valence-electron chi connectivity index (χ2n) is 27.3. The summed E-state index contributed by atoms with van der Waals surface area (Å²) in [6, 6.07) is -7.87. The molecule has 4 rings (SSSR count). The van der Waals surface area contributed by atoms with E-state index in [-0.39, 0.29) is 55.3 Å². The lowest BCUT2D eigenvalue weighted by Crippen LogP contribution is -2.61. The quantitative estimate of drug-likeness (QED) is 0.0139. The first-order valence-electron chi connectivity index (χ1n) is 37.0. The molecule has 630 valence electrons. The Morgan fingerprint density at radius 1 is 0.600 bits per heavy atom. The maximum absolute atomic E-state index is 14.8. The summed E-state index contributed by atoms with van der Waals surface area (Å²) < 4.78 is 5.72. The van der Waals surface area contributed by atoms with Gasteiger partial charge in [0.05, 0.1) is 51.4 Å². The summed E-state index contributed by atoms with van der Waals surface area (Å²) in [5, 5.41) is 70.3. The number of anilines is 1. The predicted molar refractivity (Wildman–Crippen MR) is 404 cm³/mol. The van der Waals surface area contributed by atoms with Gasteiger partial charge in [-0.15, -0.1) is 0 Å². The molecular weight excluding hydrogens is 1510 g/mol. The van der Waals surface area contributed by atoms with Crippen LogP contribution in [0.3, 0.4) is 0 Å². The third-order valence-corrected chi connectivity index (χ3v) is 18.0. The fraction of sp³-hybridized carbons (Fsp3) is 0.527. The Morgan fingerprint density at radius 2 is 1.15 bits per heavy atom. The number of Topliss-reactive ketones (excluding diaryl/α,β-unsaturated/α-hetero) is 1. The van der Waals surface area contributed by atoms with Crippen LogP contribution in [0.15, 0.2) is 66.9 Å². The molecular formula is C74H104N16O25. The summed E-state index contributed by atoms with van der Waals surface area (Å²) in [5.74, 6) is -24.4. The average Bonchev–Trinajstić information content (AvgIpc) is 1.51. The molecule has 2 aromatic rings. The van der Waals surface area contributed by atoms with Crippen LogP contribution in [0.1, 0.15) is 159 Å². The van der Waals surface area contributed by atoms with Crippen molar-refractivity contribution in [3.05, 3.63) is 83.6 Å². The topological polar surface area (TPSA) is 666 Å². The zero-order valence-corrected chi connectivity index (χ0v) is 64.4. The van der Waals surface area contributed by atoms with Crippen LogP contribution in [0.2, 0.25) is 0 Å². The summed E-state index contributed by atoms with van der Waals surface area (Å²) in [6.45, 7) is 6.94. The van der Waals surface area contributed by atoms with Gasteiger partial charge in [0.1, 0.15) is 66.5 Å². The van der Waals surface area contributed by atoms with E-state index in [9.17, 15) is 107 Å². The molecule has 0 radical (unpaired) electrons. The number of benzene rings is 2. The molecule has 2 aliphatic rings. The minimum Gasteiger partial charge on any atom is -0.481 e. The number of carboxylic acid groups (broad SMARTS) is 3. The van der Waals surface area contributed by atoms with Gasteiger partial charge in [0.25, 0.3) is 0 Å². The fourth-order valence-corrected chi connectivity index (χ4v) is 11.8. The van der Waals surface area contributed by atoms with Crippen molar-refractivity contribution in [3.63, 3.8) is 0 Å². The van der Waals surface area contributed by atoms with Gasteiger partial charge in [0, 0.05) is 36.2 Å². The Bertz CT molecular complexity index is 3920. The van der Waals surface area contributed by atoms with Gasteiger partial charge in [-0.2, -0.15) is 9.59 Å². The molecule has 1 aliphatic carbocycles. The molecule has 1 fully saturated rings. The number of aliphatic carboxylic acids is 3. The number of fused-ring (bicyclic) bond motifs is 1. The van der Waals surface area contributed by atoms with Crippen molar-refractivity contribution in [3.8, 4) is 0 Å². The van der Waals surface area contributed by atoms with Crippen molar-refractivity contribution in [2.75, 3.05) is 32.0 Å². The molecule has 0 aromatic heterocycles. The highest BCUT2D eigenvalue weighted by molar-refractivity contribution is 6.05. The minimum atomic E-state index is -2.37. The third-order valence-electron chi connectivity index (χ3n) is 18.0. The molecule has 0 saturated carbocycles. The van der Waals surface area contributed by atoms with Gasteiger partial charge >= 0.3 is 30.0 Å². The van der Waals surface area contributed by atoms with Crippen molar-refractivity contribution >= 4 is 124 Å². The number of nitrogens with two attached hydrogens (primary N) is 3. The maximum atomic E-state index is 14.8. The highest BCUT2D eigenvalue weighted by Gasteiger charge is 2.41. The SMILES string of the molecule is C=C1NCC(=O)N[C@H](CO)C(=O)N[C@@H](C(C)CC(=O)O)C(=O)N[C@@H](CC(=O)c2ccccc2N)C(=O)O[C@H](C)[C@H](NC(=O)[C@H](CC(=O)O)NC(=O)[C@@H](CC(N)=O)NC(=O)[C@H](CC2=CCc3ccccc32)NC(=O)CCCCCCCCC)C(=O)NCC(=O)N[C@@H](CCCN)C(=O)N[C@@H](C)C(=O)N[C@H](C)C(=O)N[C@H]1CC(=O)O.O=C=O. The minimum absolute atomic E-state index is 0.0171. The van der Waals surface area contributed by atoms with Crippen LogP contribution in [0.4, 0.5) is 5.69 Å². The number of allylic oxidation sites excluding steroid dienone is 1. The first-order valence-corrected chi connectivity index (χ1v) is 37.0. The lowest BCUT2D eigenvalue weighted by molar-refractivity contribution is -0.192. The molecule has 0 spiro atoms. The first kappa shape index (κ1) is 96.7. The van der Waals surface area contributed by atoms with Crippen LogP contribution in [0, 0.1) is 5.92 Å². The number of carbonyl (C=O) groups excluding carboxylic acids is 17. The van der Waals surface area contributed by atoms with Crippen LogP contribution in [-0.4, -0.2) is 232 Å². The fourth-order valence-electron chi connectivity index (χ4n) is 11.8. The highest BCUT2D eigenvalue weighted by Crippen LogP contribution is 2.31. The molecule has 13 amide bonds. The number of rotatable bonds is 33. The molecule has 23 N–H and O–H groups in total. The van der Waals surface area contributed by atoms with E-state index in [0.29, 0.717) is 24.8 Å². The van der Waals surface area contributed by atoms with E-state index in [1.807, 2.05) is 24.3 Å². The number of hydrogen-bond donors (Lipinski definition) is 20. The van der Waals surface area contributed by atoms with Gasteiger partial charge in [0.15, 0.2) is 5.78 Å². The Balaban J connectivity index is 0.0000112. The number of esters is 1. The number of nitrogen functional groups attached to an aromatic ring is 1. The molecule has 1 aliphatic heterocycles. The molecule has 13 atom stereocenters. The smallest absolute Gasteiger partial charge is 0.373 e. The average molecular weight is 1620 g/mol. The summed E-state index contributed by atoms with van der Waals surface area (Å²) in [7, 11) is 0. The number of aliphatic hydroxyl groups is 1. The zero-order valence-electron chi connectivity index (χ0n) is 64.4. The van der Waals surface area contributed by atoms with E-state index in [0.717, 1.165) is 57.1 Å². The molecule has 0 bridgehead atoms. The Morgan fingerprint density at radius 3 is 1.75 bits per heavy atom. The van der Waals surface area contributed by atoms with Crippen molar-refractivity contribution < 1.29 is 121 Å². The molecule has 1 heterocycles. The van der Waals surface area contributed by atoms with Crippen LogP contribution in [0.5, 0.6) is 0 Å². The monoisotopic (exact) mass is 1620 g/mol. The number of para-hydroxylation sites is 1. The van der Waals surface area contributed by atoms with E-state index in [2.05, 4.69) is 82.6 Å². The summed E-state index contributed by atoms with van der Waals surface area (Å²) >= 11 is 0. The molecule has 115 heavy (non-hydrogen) atoms. The van der Waals surface area contributed by atoms with Gasteiger partial charge in [-0.1, -0.05) is 101 Å². The lowest BCUT2D eigenvalue weighted by atomic mass is 9.96. The highest BCUT2D eigenvalue weighted by atomic mass is 16.5. The van der Waals surface area contributed by atoms with E-state index >= 15 is 0 Å². The number of hydrogen-bond acceptors (Lipinski definition) is 25. The Hall–Kier alpha value is -12.5. The maximum Gasteiger partial charge on any atom is 0.373 e. The summed E-state index contributed by atoms with van der Waals surface area (Å²) in [5.41, 5.74) is 19.1. The van der Waals surface area contributed by atoms with E-state index in [4.69, 9.17) is 31.5 Å². The number of ketones is 1. The Labute approximate surface area is 660 Å². The van der Waals surface area contributed by atoms with E-state index in [1.165, 1.54) is 38.1 Å². The number of cyclic esters (lactones) is 1. The van der Waals surface area contributed by atoms with Gasteiger partial charge in [-0.25, -0.2) is 4.79 Å². The predicted octanol–water partition coefficient (Wildman–Crippen LogP) is -4.37. The molecule has 41 nitrogen and oxygen atoms in total. The van der Waals surface area contributed by atoms with Crippen molar-refractivity contribution in [2.45, 2.75) is 216 Å². The van der Waals surface area contributed by atoms with Crippen molar-refractivity contribution in [1.29, 1.82) is 0 Å². The van der Waals surface area contributed by atoms with Crippen LogP contribution in [0.25, 0.3) is 5.57 Å². The van der Waals surface area contributed by atoms with E-state index < -0.39 is 237 Å². The van der Waals surface area contributed by atoms with Crippen LogP contribution < -0.4 is 86.3 Å². The Kier molecular flexibility index (Phi) is 41.8. The molecule has 41 heteroatoms. The van der Waals surface area contributed by atoms with Crippen LogP contribution in [-0.2, 0) is 102 Å². The number of aliphatic hydroxyl groups excluding tert-OH is 1. The number of amides is 13. The first-order chi connectivity index (χ1) is 54.4. The van der Waals surface area contributed by atoms with Crippen molar-refractivity contribution in [2.24, 2.45) is 17.4 Å². The number of primary amides is 1. The number of carboxylic acids is 3. The van der Waals surface area contributed by atoms with Gasteiger partial charge in [0.2, 0.25) is 76.8 Å². The van der Waals surface area contributed by atoms with Crippen LogP contribution >= 0.6 is 0 Å². The number of ether oxygens (including phenoxy) is 1. The van der Waals surface area contributed by atoms with E-state index in [1.54, 1.807) is 6.07 Å². The summed E-state index contributed by atoms with van der Waals surface area (Å²) in [6.07, 6.45) is 1.07. The lowest BCUT2D eigenvalue weighted by Gasteiger charge is -2.30. The van der Waals surface area contributed by atoms with Gasteiger partial charge in [-0.05, 0) is 87.7 Å². The van der Waals surface area contributed by atoms with Gasteiger partial charge < -0.3 is 111 Å². The number of nitrogens with one attached hydrogen (secondary N) is 13. The molecule has 1 unspecified atom stereocenters. The second-order valence-corrected chi connectivity index (χ2v) is 27.3. The molecule has 2 aromatic carbocycles. The van der Waals surface area contributed by atoms with Crippen molar-refractivity contribution in [1.82, 2.24) is 69.1 Å². The molecule has 1 saturated heterocycles. The summed E-state index contributed by atoms with van der Waals surface area (Å²) in [4.78, 5) is 263. The largest absolute Gasteiger partial charge is 0.481 e. The standard InChI is InChI=1S/C73H104N16O23.CO2/c1-7-8-9-10-11-12-13-24-56(93)82-49(29-43-26-25-42-19-14-15-20-44(42)43)67(105)85-50(31-55(76)92)68(106)86-51(33-61(100)101)69(107)89-63-41(6)112-73(111)52(30-54(91)45-21-16-17-22-46(45)75)87-72(110)62(37(2)28-59(96)97)88-70(108)53(36-90)83-57(94)34-77-38(3)48(32-60(98)99)84-65(103)40(5)79-64(102)39(4)80-66(104)47(23-18-27-74)81-58(95)35-78-71(63)109;2-1-3/h14-17,19-22,26,37,39-41,47-53,62-63,77,90H,3,7-13,18,23-25,27-36,74-75H2,1-2,4-6H3,(H2,76,92)(H,78,109)(H,79,102)(H,80,104)(H,81,95)(H,82,93)(H,83,94)(H,84,103)(H,85,105)(H,86,106)(H,87,110)(H,88,108)(H,89,107)(H,96,97)(H,98,99)(H,100,101);/t37?,39-,40+,41+,47-,48-,49-,50+,51-,52-,53+,62-,63-;/m0./s1. The zero-order chi connectivity index (χ0) is 86.2. The number of carbonyl (C=O) groups is 18. The third kappa shape index (κ3) is 34.2. The number of unbranched alkanes of at least 4 members (excludes halogenated alkanes) is 6. The van der Waals surface area contributed by atoms with Gasteiger partial charge in [-0.3, -0.25) is 81.5 Å². The second kappa shape index (κ2) is 49.8. The normalized spacial score (nSPS) is 21.3.